The Balaban J connectivity index is 1.66. The molecule has 1 aliphatic heterocycles. The highest BCUT2D eigenvalue weighted by Gasteiger charge is 2.57. The largest absolute Gasteiger partial charge is 0.356 e. The summed E-state index contributed by atoms with van der Waals surface area (Å²) in [6.07, 6.45) is 9.41. The highest BCUT2D eigenvalue weighted by Crippen LogP contribution is 2.63. The molecule has 88 valence electrons. The third-order valence-corrected chi connectivity index (χ3v) is 6.20. The Morgan fingerprint density at radius 3 is 2.12 bits per heavy atom. The molecular formula is C14H21NO. The lowest BCUT2D eigenvalue weighted by molar-refractivity contribution is -0.142. The number of nitrogens with one attached hydrogen (secondary N) is 1. The van der Waals surface area contributed by atoms with Gasteiger partial charge in [0.05, 0.1) is 0 Å². The van der Waals surface area contributed by atoms with Crippen LogP contribution in [-0.2, 0) is 4.79 Å². The van der Waals surface area contributed by atoms with Gasteiger partial charge in [-0.05, 0) is 67.6 Å². The minimum atomic E-state index is 0.291. The molecule has 4 bridgehead atoms. The van der Waals surface area contributed by atoms with Crippen LogP contribution in [0.25, 0.3) is 0 Å². The lowest BCUT2D eigenvalue weighted by Gasteiger charge is -2.62. The third kappa shape index (κ3) is 1.11. The van der Waals surface area contributed by atoms with Crippen LogP contribution in [-0.4, -0.2) is 12.5 Å². The molecule has 1 heterocycles. The molecule has 1 N–H and O–H groups in total. The first kappa shape index (κ1) is 9.49. The zero-order valence-electron chi connectivity index (χ0n) is 9.87. The number of rotatable bonds is 0. The van der Waals surface area contributed by atoms with Crippen molar-refractivity contribution in [2.75, 3.05) is 6.54 Å². The molecule has 5 rings (SSSR count). The van der Waals surface area contributed by atoms with Gasteiger partial charge in [-0.15, -0.1) is 0 Å². The third-order valence-electron chi connectivity index (χ3n) is 6.20. The van der Waals surface area contributed by atoms with E-state index < -0.39 is 0 Å². The first-order valence-electron chi connectivity index (χ1n) is 7.03. The lowest BCUT2D eigenvalue weighted by Crippen LogP contribution is -2.59. The van der Waals surface area contributed by atoms with Crippen LogP contribution in [0.15, 0.2) is 0 Å². The van der Waals surface area contributed by atoms with Crippen molar-refractivity contribution in [1.29, 1.82) is 0 Å². The maximum absolute atomic E-state index is 11.4. The number of carbonyl (C=O) groups excluding carboxylic acids is 1. The summed E-state index contributed by atoms with van der Waals surface area (Å²) >= 11 is 0. The van der Waals surface area contributed by atoms with Gasteiger partial charge in [0.2, 0.25) is 5.91 Å². The summed E-state index contributed by atoms with van der Waals surface area (Å²) < 4.78 is 0. The Bertz CT molecular complexity index is 296. The van der Waals surface area contributed by atoms with Gasteiger partial charge in [0.15, 0.2) is 0 Å². The molecule has 1 amide bonds. The summed E-state index contributed by atoms with van der Waals surface area (Å²) in [7, 11) is 0. The van der Waals surface area contributed by atoms with Crippen LogP contribution < -0.4 is 5.32 Å². The van der Waals surface area contributed by atoms with Gasteiger partial charge in [-0.25, -0.2) is 0 Å². The Morgan fingerprint density at radius 1 is 1.00 bits per heavy atom. The van der Waals surface area contributed by atoms with E-state index >= 15 is 0 Å². The summed E-state index contributed by atoms with van der Waals surface area (Å²) in [5.41, 5.74) is 0.529. The van der Waals surface area contributed by atoms with Gasteiger partial charge in [-0.2, -0.15) is 0 Å². The maximum atomic E-state index is 11.4. The summed E-state index contributed by atoms with van der Waals surface area (Å²) in [6, 6.07) is 0. The number of hydrogen-bond donors (Lipinski definition) is 1. The van der Waals surface area contributed by atoms with E-state index in [9.17, 15) is 4.79 Å². The van der Waals surface area contributed by atoms with Crippen molar-refractivity contribution >= 4 is 5.91 Å². The highest BCUT2D eigenvalue weighted by molar-refractivity contribution is 5.76. The molecule has 4 aliphatic carbocycles. The van der Waals surface area contributed by atoms with Gasteiger partial charge < -0.3 is 5.32 Å². The van der Waals surface area contributed by atoms with Gasteiger partial charge >= 0.3 is 0 Å². The Kier molecular flexibility index (Phi) is 1.79. The number of amides is 1. The average Bonchev–Trinajstić information content (AvgIpc) is 2.27. The van der Waals surface area contributed by atoms with E-state index in [0.29, 0.717) is 11.3 Å². The van der Waals surface area contributed by atoms with Crippen molar-refractivity contribution in [3.8, 4) is 0 Å². The van der Waals surface area contributed by atoms with Crippen molar-refractivity contribution in [3.63, 3.8) is 0 Å². The smallest absolute Gasteiger partial charge is 0.220 e. The zero-order valence-corrected chi connectivity index (χ0v) is 9.87. The number of hydrogen-bond acceptors (Lipinski definition) is 1. The fourth-order valence-electron chi connectivity index (χ4n) is 5.61. The monoisotopic (exact) mass is 219 g/mol. The lowest BCUT2D eigenvalue weighted by atomic mass is 9.44. The van der Waals surface area contributed by atoms with Crippen LogP contribution in [0.3, 0.4) is 0 Å². The standard InChI is InChI=1S/C14H21NO/c16-13-1-2-14(8-15-13)11-4-9-3-10(6-11)7-12(14)5-9/h9-12H,1-8H2,(H,15,16)/t9-,10-,11-,12+,14?. The molecule has 4 saturated carbocycles. The zero-order chi connectivity index (χ0) is 10.8. The summed E-state index contributed by atoms with van der Waals surface area (Å²) in [4.78, 5) is 11.4. The van der Waals surface area contributed by atoms with Gasteiger partial charge in [-0.3, -0.25) is 4.79 Å². The molecule has 0 aromatic heterocycles. The molecule has 5 fully saturated rings. The molecular weight excluding hydrogens is 198 g/mol. The highest BCUT2D eigenvalue weighted by atomic mass is 16.1. The molecule has 5 aliphatic rings. The quantitative estimate of drug-likeness (QED) is 0.665. The molecule has 0 aromatic rings. The van der Waals surface area contributed by atoms with Crippen molar-refractivity contribution < 1.29 is 4.79 Å². The molecule has 2 nitrogen and oxygen atoms in total. The van der Waals surface area contributed by atoms with E-state index in [1.54, 1.807) is 0 Å². The molecule has 2 heteroatoms. The topological polar surface area (TPSA) is 29.1 Å². The van der Waals surface area contributed by atoms with Gasteiger partial charge in [-0.1, -0.05) is 0 Å². The molecule has 0 atom stereocenters. The van der Waals surface area contributed by atoms with E-state index in [4.69, 9.17) is 0 Å². The van der Waals surface area contributed by atoms with Crippen LogP contribution in [0.5, 0.6) is 0 Å². The fourth-order valence-corrected chi connectivity index (χ4v) is 5.61. The van der Waals surface area contributed by atoms with Crippen LogP contribution >= 0.6 is 0 Å². The first-order chi connectivity index (χ1) is 7.76. The second-order valence-corrected chi connectivity index (χ2v) is 6.81. The number of piperidine rings is 1. The fraction of sp³-hybridized carbons (Fsp3) is 0.929. The Morgan fingerprint density at radius 2 is 1.62 bits per heavy atom. The number of carbonyl (C=O) groups is 1. The van der Waals surface area contributed by atoms with Crippen LogP contribution in [0.4, 0.5) is 0 Å². The van der Waals surface area contributed by atoms with E-state index in [1.807, 2.05) is 0 Å². The average molecular weight is 219 g/mol. The Labute approximate surface area is 97.2 Å². The summed E-state index contributed by atoms with van der Waals surface area (Å²) in [5.74, 6) is 4.28. The van der Waals surface area contributed by atoms with Gasteiger partial charge in [0.1, 0.15) is 0 Å². The van der Waals surface area contributed by atoms with Crippen LogP contribution in [0.1, 0.15) is 44.9 Å². The second kappa shape index (κ2) is 3.02. The molecule has 0 unspecified atom stereocenters. The van der Waals surface area contributed by atoms with Gasteiger partial charge in [0.25, 0.3) is 0 Å². The second-order valence-electron chi connectivity index (χ2n) is 6.81. The van der Waals surface area contributed by atoms with Crippen molar-refractivity contribution in [2.45, 2.75) is 44.9 Å². The SMILES string of the molecule is O=C1CCC2(CN1)[C@H]1C[C@H]3C[C@H](C1)C[C@H]2C3. The molecule has 16 heavy (non-hydrogen) atoms. The first-order valence-corrected chi connectivity index (χ1v) is 7.03. The van der Waals surface area contributed by atoms with Crippen molar-refractivity contribution in [1.82, 2.24) is 5.32 Å². The predicted octanol–water partition coefficient (Wildman–Crippen LogP) is 2.34. The molecule has 0 aromatic carbocycles. The predicted molar refractivity (Wildman–Crippen MR) is 61.7 cm³/mol. The van der Waals surface area contributed by atoms with Crippen LogP contribution in [0.2, 0.25) is 0 Å². The molecule has 0 radical (unpaired) electrons. The van der Waals surface area contributed by atoms with Crippen molar-refractivity contribution in [2.24, 2.45) is 29.1 Å². The minimum Gasteiger partial charge on any atom is -0.356 e. The van der Waals surface area contributed by atoms with Crippen LogP contribution in [0, 0.1) is 29.1 Å². The van der Waals surface area contributed by atoms with E-state index in [1.165, 1.54) is 38.5 Å². The Hall–Kier alpha value is -0.530. The summed E-state index contributed by atoms with van der Waals surface area (Å²) in [5, 5.41) is 3.16. The maximum Gasteiger partial charge on any atom is 0.220 e. The minimum absolute atomic E-state index is 0.291. The summed E-state index contributed by atoms with van der Waals surface area (Å²) in [6.45, 7) is 1.00. The van der Waals surface area contributed by atoms with Crippen molar-refractivity contribution in [3.05, 3.63) is 0 Å². The normalized spacial score (nSPS) is 54.4. The molecule has 1 saturated heterocycles. The van der Waals surface area contributed by atoms with Gasteiger partial charge in [0, 0.05) is 13.0 Å². The molecule has 1 spiro atoms. The van der Waals surface area contributed by atoms with E-state index in [2.05, 4.69) is 5.32 Å². The van der Waals surface area contributed by atoms with E-state index in [0.717, 1.165) is 36.6 Å². The van der Waals surface area contributed by atoms with E-state index in [-0.39, 0.29) is 0 Å².